The standard InChI is InChI=1S/C15H31N3O/c16-13-14-5-2-1-3-6-15(14)18-8-4-7-17(9-10-18)11-12-19/h14-15,19H,1-13,16H2. The van der Waals surface area contributed by atoms with E-state index < -0.39 is 0 Å². The molecule has 1 aliphatic heterocycles. The fourth-order valence-electron chi connectivity index (χ4n) is 3.81. The molecule has 2 aliphatic rings. The van der Waals surface area contributed by atoms with Crippen LogP contribution in [0.25, 0.3) is 0 Å². The first-order valence-corrected chi connectivity index (χ1v) is 8.12. The Kier molecular flexibility index (Phi) is 6.57. The van der Waals surface area contributed by atoms with Gasteiger partial charge in [0, 0.05) is 25.7 Å². The molecule has 4 nitrogen and oxygen atoms in total. The van der Waals surface area contributed by atoms with Gasteiger partial charge in [0.05, 0.1) is 6.61 Å². The summed E-state index contributed by atoms with van der Waals surface area (Å²) < 4.78 is 0. The van der Waals surface area contributed by atoms with Crippen molar-refractivity contribution in [2.75, 3.05) is 45.9 Å². The second-order valence-electron chi connectivity index (χ2n) is 6.16. The lowest BCUT2D eigenvalue weighted by Gasteiger charge is -2.35. The summed E-state index contributed by atoms with van der Waals surface area (Å²) in [6, 6.07) is 0.710. The fraction of sp³-hybridized carbons (Fsp3) is 1.00. The summed E-state index contributed by atoms with van der Waals surface area (Å²) >= 11 is 0. The van der Waals surface area contributed by atoms with Crippen molar-refractivity contribution in [2.45, 2.75) is 44.6 Å². The van der Waals surface area contributed by atoms with Crippen LogP contribution in [-0.2, 0) is 0 Å². The van der Waals surface area contributed by atoms with E-state index in [1.165, 1.54) is 45.1 Å². The third kappa shape index (κ3) is 4.42. The summed E-state index contributed by atoms with van der Waals surface area (Å²) in [4.78, 5) is 5.09. The average molecular weight is 269 g/mol. The molecule has 2 unspecified atom stereocenters. The largest absolute Gasteiger partial charge is 0.395 e. The molecule has 3 N–H and O–H groups in total. The minimum absolute atomic E-state index is 0.287. The maximum atomic E-state index is 9.07. The maximum Gasteiger partial charge on any atom is 0.0558 e. The van der Waals surface area contributed by atoms with E-state index in [-0.39, 0.29) is 6.61 Å². The van der Waals surface area contributed by atoms with E-state index in [9.17, 15) is 0 Å². The van der Waals surface area contributed by atoms with Gasteiger partial charge in [0.1, 0.15) is 0 Å². The molecule has 1 saturated heterocycles. The molecule has 1 aliphatic carbocycles. The number of aliphatic hydroxyl groups is 1. The number of β-amino-alcohol motifs (C(OH)–C–C–N with tert-alkyl or cyclic N) is 1. The smallest absolute Gasteiger partial charge is 0.0558 e. The van der Waals surface area contributed by atoms with Crippen LogP contribution in [0.3, 0.4) is 0 Å². The fourth-order valence-corrected chi connectivity index (χ4v) is 3.81. The molecular weight excluding hydrogens is 238 g/mol. The van der Waals surface area contributed by atoms with Crippen LogP contribution >= 0.6 is 0 Å². The first kappa shape index (κ1) is 15.2. The van der Waals surface area contributed by atoms with Gasteiger partial charge in [-0.2, -0.15) is 0 Å². The number of aliphatic hydroxyl groups excluding tert-OH is 1. The van der Waals surface area contributed by atoms with E-state index >= 15 is 0 Å². The lowest BCUT2D eigenvalue weighted by molar-refractivity contribution is 0.135. The van der Waals surface area contributed by atoms with Crippen molar-refractivity contribution < 1.29 is 5.11 Å². The molecule has 0 aromatic rings. The molecule has 112 valence electrons. The van der Waals surface area contributed by atoms with Crippen molar-refractivity contribution in [3.05, 3.63) is 0 Å². The average Bonchev–Trinajstić information content (AvgIpc) is 2.78. The highest BCUT2D eigenvalue weighted by molar-refractivity contribution is 4.84. The van der Waals surface area contributed by atoms with E-state index in [2.05, 4.69) is 9.80 Å². The van der Waals surface area contributed by atoms with E-state index in [0.717, 1.165) is 32.7 Å². The van der Waals surface area contributed by atoms with Gasteiger partial charge < -0.3 is 10.8 Å². The molecule has 19 heavy (non-hydrogen) atoms. The van der Waals surface area contributed by atoms with Gasteiger partial charge in [-0.25, -0.2) is 0 Å². The second-order valence-corrected chi connectivity index (χ2v) is 6.16. The number of hydrogen-bond donors (Lipinski definition) is 2. The van der Waals surface area contributed by atoms with Gasteiger partial charge in [0.15, 0.2) is 0 Å². The molecule has 0 spiro atoms. The quantitative estimate of drug-likeness (QED) is 0.745. The Morgan fingerprint density at radius 2 is 1.79 bits per heavy atom. The molecule has 0 amide bonds. The monoisotopic (exact) mass is 269 g/mol. The van der Waals surface area contributed by atoms with Gasteiger partial charge in [-0.1, -0.05) is 19.3 Å². The molecule has 1 heterocycles. The minimum Gasteiger partial charge on any atom is -0.395 e. The SMILES string of the molecule is NCC1CCCCCC1N1CCCN(CCO)CC1. The summed E-state index contributed by atoms with van der Waals surface area (Å²) in [6.07, 6.45) is 8.01. The first-order chi connectivity index (χ1) is 9.35. The number of hydrogen-bond acceptors (Lipinski definition) is 4. The van der Waals surface area contributed by atoms with Gasteiger partial charge in [-0.05, 0) is 44.8 Å². The topological polar surface area (TPSA) is 52.7 Å². The Morgan fingerprint density at radius 3 is 2.58 bits per heavy atom. The molecule has 2 fully saturated rings. The van der Waals surface area contributed by atoms with Gasteiger partial charge >= 0.3 is 0 Å². The number of nitrogens with two attached hydrogens (primary N) is 1. The number of rotatable bonds is 4. The molecule has 2 rings (SSSR count). The second kappa shape index (κ2) is 8.20. The molecule has 2 atom stereocenters. The van der Waals surface area contributed by atoms with Crippen LogP contribution in [0, 0.1) is 5.92 Å². The zero-order valence-electron chi connectivity index (χ0n) is 12.3. The lowest BCUT2D eigenvalue weighted by atomic mass is 9.93. The molecule has 0 bridgehead atoms. The third-order valence-electron chi connectivity index (χ3n) is 4.93. The van der Waals surface area contributed by atoms with Crippen LogP contribution in [-0.4, -0.2) is 66.8 Å². The highest BCUT2D eigenvalue weighted by atomic mass is 16.3. The Bertz CT molecular complexity index is 250. The predicted octanol–water partition coefficient (Wildman–Crippen LogP) is 0.894. The third-order valence-corrected chi connectivity index (χ3v) is 4.93. The van der Waals surface area contributed by atoms with E-state index in [0.29, 0.717) is 12.0 Å². The predicted molar refractivity (Wildman–Crippen MR) is 79.1 cm³/mol. The van der Waals surface area contributed by atoms with Crippen molar-refractivity contribution in [2.24, 2.45) is 11.7 Å². The highest BCUT2D eigenvalue weighted by Gasteiger charge is 2.29. The Hall–Kier alpha value is -0.160. The van der Waals surface area contributed by atoms with E-state index in [4.69, 9.17) is 10.8 Å². The molecule has 0 aromatic heterocycles. The van der Waals surface area contributed by atoms with Crippen LogP contribution in [0.1, 0.15) is 38.5 Å². The van der Waals surface area contributed by atoms with Crippen LogP contribution in [0.15, 0.2) is 0 Å². The lowest BCUT2D eigenvalue weighted by Crippen LogP contribution is -2.44. The van der Waals surface area contributed by atoms with Crippen molar-refractivity contribution in [1.29, 1.82) is 0 Å². The molecule has 0 radical (unpaired) electrons. The summed E-state index contributed by atoms with van der Waals surface area (Å²) in [6.45, 7) is 6.57. The molecule has 1 saturated carbocycles. The summed E-state index contributed by atoms with van der Waals surface area (Å²) in [7, 11) is 0. The zero-order valence-corrected chi connectivity index (χ0v) is 12.3. The summed E-state index contributed by atoms with van der Waals surface area (Å²) in [5, 5.41) is 9.07. The van der Waals surface area contributed by atoms with Gasteiger partial charge in [0.25, 0.3) is 0 Å². The van der Waals surface area contributed by atoms with Crippen LogP contribution < -0.4 is 5.73 Å². The first-order valence-electron chi connectivity index (χ1n) is 8.12. The maximum absolute atomic E-state index is 9.07. The summed E-state index contributed by atoms with van der Waals surface area (Å²) in [5.74, 6) is 0.701. The summed E-state index contributed by atoms with van der Waals surface area (Å²) in [5.41, 5.74) is 6.01. The van der Waals surface area contributed by atoms with Crippen LogP contribution in [0.4, 0.5) is 0 Å². The molecular formula is C15H31N3O. The van der Waals surface area contributed by atoms with Crippen molar-refractivity contribution in [3.8, 4) is 0 Å². The minimum atomic E-state index is 0.287. The molecule has 0 aromatic carbocycles. The van der Waals surface area contributed by atoms with Crippen molar-refractivity contribution in [1.82, 2.24) is 9.80 Å². The zero-order chi connectivity index (χ0) is 13.5. The van der Waals surface area contributed by atoms with E-state index in [1.807, 2.05) is 0 Å². The van der Waals surface area contributed by atoms with Crippen LogP contribution in [0.2, 0.25) is 0 Å². The van der Waals surface area contributed by atoms with Gasteiger partial charge in [-0.15, -0.1) is 0 Å². The normalized spacial score (nSPS) is 31.9. The van der Waals surface area contributed by atoms with Crippen molar-refractivity contribution >= 4 is 0 Å². The Balaban J connectivity index is 1.91. The van der Waals surface area contributed by atoms with E-state index in [1.54, 1.807) is 0 Å². The molecule has 4 heteroatoms. The Morgan fingerprint density at radius 1 is 0.947 bits per heavy atom. The Labute approximate surface area is 117 Å². The highest BCUT2D eigenvalue weighted by Crippen LogP contribution is 2.27. The van der Waals surface area contributed by atoms with Gasteiger partial charge in [-0.3, -0.25) is 9.80 Å². The number of nitrogens with zero attached hydrogens (tertiary/aromatic N) is 2. The van der Waals surface area contributed by atoms with Crippen LogP contribution in [0.5, 0.6) is 0 Å². The van der Waals surface area contributed by atoms with Crippen molar-refractivity contribution in [3.63, 3.8) is 0 Å². The van der Waals surface area contributed by atoms with Gasteiger partial charge in [0.2, 0.25) is 0 Å².